The molecule has 2 N–H and O–H groups in total. The third kappa shape index (κ3) is 2.52. The average molecular weight is 224 g/mol. The number of rotatable bonds is 4. The highest BCUT2D eigenvalue weighted by Gasteiger charge is 2.21. The molecule has 0 radical (unpaired) electrons. The number of ether oxygens (including phenoxy) is 1. The SMILES string of the molecule is COc1cc(C(O)C(C)C(C)=O)ccc1O. The van der Waals surface area contributed by atoms with Gasteiger partial charge in [-0.2, -0.15) is 0 Å². The van der Waals surface area contributed by atoms with E-state index in [2.05, 4.69) is 0 Å². The third-order valence-corrected chi connectivity index (χ3v) is 2.66. The van der Waals surface area contributed by atoms with Gasteiger partial charge in [-0.05, 0) is 24.6 Å². The lowest BCUT2D eigenvalue weighted by atomic mass is 9.94. The Hall–Kier alpha value is -1.55. The predicted octanol–water partition coefficient (Wildman–Crippen LogP) is 1.66. The molecule has 2 unspecified atom stereocenters. The molecule has 4 nitrogen and oxygen atoms in total. The highest BCUT2D eigenvalue weighted by atomic mass is 16.5. The number of aliphatic hydroxyl groups excluding tert-OH is 1. The summed E-state index contributed by atoms with van der Waals surface area (Å²) < 4.78 is 4.93. The van der Waals surface area contributed by atoms with E-state index in [1.807, 2.05) is 0 Å². The lowest BCUT2D eigenvalue weighted by Crippen LogP contribution is -2.16. The van der Waals surface area contributed by atoms with Crippen LogP contribution in [0.15, 0.2) is 18.2 Å². The number of benzene rings is 1. The van der Waals surface area contributed by atoms with Gasteiger partial charge < -0.3 is 14.9 Å². The number of aliphatic hydroxyl groups is 1. The smallest absolute Gasteiger partial charge is 0.160 e. The first-order chi connectivity index (χ1) is 7.47. The maximum atomic E-state index is 11.1. The normalized spacial score (nSPS) is 14.2. The zero-order chi connectivity index (χ0) is 12.3. The van der Waals surface area contributed by atoms with Crippen molar-refractivity contribution >= 4 is 5.78 Å². The molecule has 1 aromatic rings. The number of carbonyl (C=O) groups excluding carboxylic acids is 1. The number of hydrogen-bond acceptors (Lipinski definition) is 4. The van der Waals surface area contributed by atoms with Gasteiger partial charge in [-0.1, -0.05) is 13.0 Å². The second kappa shape index (κ2) is 4.99. The van der Waals surface area contributed by atoms with Crippen LogP contribution in [0.4, 0.5) is 0 Å². The molecule has 0 amide bonds. The number of phenolic OH excluding ortho intramolecular Hbond substituents is 1. The zero-order valence-corrected chi connectivity index (χ0v) is 9.60. The Kier molecular flexibility index (Phi) is 3.90. The molecule has 0 spiro atoms. The quantitative estimate of drug-likeness (QED) is 0.816. The summed E-state index contributed by atoms with van der Waals surface area (Å²) in [7, 11) is 1.43. The second-order valence-corrected chi connectivity index (χ2v) is 3.78. The number of aromatic hydroxyl groups is 1. The molecule has 0 aliphatic carbocycles. The van der Waals surface area contributed by atoms with Gasteiger partial charge in [0.25, 0.3) is 0 Å². The number of carbonyl (C=O) groups is 1. The van der Waals surface area contributed by atoms with Crippen LogP contribution in [-0.2, 0) is 4.79 Å². The maximum absolute atomic E-state index is 11.1. The molecule has 0 saturated heterocycles. The van der Waals surface area contributed by atoms with Crippen LogP contribution in [0.5, 0.6) is 11.5 Å². The van der Waals surface area contributed by atoms with Crippen molar-refractivity contribution in [1.29, 1.82) is 0 Å². The maximum Gasteiger partial charge on any atom is 0.160 e. The summed E-state index contributed by atoms with van der Waals surface area (Å²) in [6.45, 7) is 3.10. The predicted molar refractivity (Wildman–Crippen MR) is 59.5 cm³/mol. The van der Waals surface area contributed by atoms with Crippen molar-refractivity contribution in [3.63, 3.8) is 0 Å². The highest BCUT2D eigenvalue weighted by molar-refractivity contribution is 5.78. The lowest BCUT2D eigenvalue weighted by Gasteiger charge is -2.17. The minimum Gasteiger partial charge on any atom is -0.504 e. The molecule has 88 valence electrons. The summed E-state index contributed by atoms with van der Waals surface area (Å²) in [4.78, 5) is 11.1. The Morgan fingerprint density at radius 1 is 1.44 bits per heavy atom. The monoisotopic (exact) mass is 224 g/mol. The Morgan fingerprint density at radius 2 is 2.06 bits per heavy atom. The van der Waals surface area contributed by atoms with E-state index >= 15 is 0 Å². The van der Waals surface area contributed by atoms with Gasteiger partial charge in [-0.3, -0.25) is 4.79 Å². The minimum absolute atomic E-state index is 0.00827. The molecular weight excluding hydrogens is 208 g/mol. The van der Waals surface area contributed by atoms with Crippen molar-refractivity contribution in [3.8, 4) is 11.5 Å². The summed E-state index contributed by atoms with van der Waals surface area (Å²) in [5.41, 5.74) is 0.553. The topological polar surface area (TPSA) is 66.8 Å². The molecule has 0 aliphatic rings. The van der Waals surface area contributed by atoms with Crippen LogP contribution in [0.1, 0.15) is 25.5 Å². The molecule has 0 aromatic heterocycles. The molecule has 1 rings (SSSR count). The Balaban J connectivity index is 3.00. The van der Waals surface area contributed by atoms with E-state index in [-0.39, 0.29) is 17.3 Å². The molecule has 0 fully saturated rings. The van der Waals surface area contributed by atoms with Crippen LogP contribution in [0.25, 0.3) is 0 Å². The van der Waals surface area contributed by atoms with E-state index in [1.54, 1.807) is 13.0 Å². The van der Waals surface area contributed by atoms with Crippen molar-refractivity contribution in [2.45, 2.75) is 20.0 Å². The fraction of sp³-hybridized carbons (Fsp3) is 0.417. The second-order valence-electron chi connectivity index (χ2n) is 3.78. The fourth-order valence-electron chi connectivity index (χ4n) is 1.39. The first-order valence-corrected chi connectivity index (χ1v) is 5.02. The van der Waals surface area contributed by atoms with Crippen LogP contribution in [0.3, 0.4) is 0 Å². The van der Waals surface area contributed by atoms with Gasteiger partial charge in [0.05, 0.1) is 13.2 Å². The number of hydrogen-bond donors (Lipinski definition) is 2. The summed E-state index contributed by atoms with van der Waals surface area (Å²) in [5.74, 6) is -0.268. The number of phenols is 1. The molecule has 0 aliphatic heterocycles. The van der Waals surface area contributed by atoms with E-state index in [0.29, 0.717) is 5.56 Å². The van der Waals surface area contributed by atoms with Crippen LogP contribution >= 0.6 is 0 Å². The van der Waals surface area contributed by atoms with Crippen molar-refractivity contribution in [2.24, 2.45) is 5.92 Å². The van der Waals surface area contributed by atoms with Gasteiger partial charge in [-0.25, -0.2) is 0 Å². The Morgan fingerprint density at radius 3 is 2.56 bits per heavy atom. The third-order valence-electron chi connectivity index (χ3n) is 2.66. The van der Waals surface area contributed by atoms with Crippen LogP contribution < -0.4 is 4.74 Å². The largest absolute Gasteiger partial charge is 0.504 e. The molecule has 1 aromatic carbocycles. The van der Waals surface area contributed by atoms with E-state index in [9.17, 15) is 15.0 Å². The van der Waals surface area contributed by atoms with Crippen molar-refractivity contribution in [2.75, 3.05) is 7.11 Å². The number of methoxy groups -OCH3 is 1. The molecule has 4 heteroatoms. The highest BCUT2D eigenvalue weighted by Crippen LogP contribution is 2.31. The summed E-state index contributed by atoms with van der Waals surface area (Å²) >= 11 is 0. The molecule has 2 atom stereocenters. The average Bonchev–Trinajstić information content (AvgIpc) is 2.27. The minimum atomic E-state index is -0.882. The van der Waals surface area contributed by atoms with Gasteiger partial charge in [0.1, 0.15) is 5.78 Å². The van der Waals surface area contributed by atoms with Crippen LogP contribution in [0.2, 0.25) is 0 Å². The van der Waals surface area contributed by atoms with Crippen molar-refractivity contribution < 1.29 is 19.7 Å². The number of Topliss-reactive ketones (excluding diaryl/α,β-unsaturated/α-hetero) is 1. The molecule has 0 saturated carbocycles. The number of ketones is 1. The molecule has 0 heterocycles. The van der Waals surface area contributed by atoms with E-state index in [1.165, 1.54) is 26.2 Å². The summed E-state index contributed by atoms with van der Waals surface area (Å²) in [6.07, 6.45) is -0.882. The van der Waals surface area contributed by atoms with Gasteiger partial charge in [0, 0.05) is 5.92 Å². The summed E-state index contributed by atoms with van der Waals surface area (Å²) in [5, 5.41) is 19.3. The lowest BCUT2D eigenvalue weighted by molar-refractivity contribution is -0.123. The van der Waals surface area contributed by atoms with Gasteiger partial charge >= 0.3 is 0 Å². The van der Waals surface area contributed by atoms with Crippen LogP contribution in [0, 0.1) is 5.92 Å². The van der Waals surface area contributed by atoms with Crippen LogP contribution in [-0.4, -0.2) is 23.1 Å². The first-order valence-electron chi connectivity index (χ1n) is 5.02. The summed E-state index contributed by atoms with van der Waals surface area (Å²) in [6, 6.07) is 4.53. The first kappa shape index (κ1) is 12.5. The Labute approximate surface area is 94.5 Å². The van der Waals surface area contributed by atoms with Crippen molar-refractivity contribution in [1.82, 2.24) is 0 Å². The standard InChI is InChI=1S/C12H16O4/c1-7(8(2)13)12(15)9-4-5-10(14)11(6-9)16-3/h4-7,12,14-15H,1-3H3. The van der Waals surface area contributed by atoms with Crippen molar-refractivity contribution in [3.05, 3.63) is 23.8 Å². The van der Waals surface area contributed by atoms with Gasteiger partial charge in [0.15, 0.2) is 11.5 Å². The molecular formula is C12H16O4. The molecule has 0 bridgehead atoms. The Bertz CT molecular complexity index is 387. The fourth-order valence-corrected chi connectivity index (χ4v) is 1.39. The van der Waals surface area contributed by atoms with Gasteiger partial charge in [-0.15, -0.1) is 0 Å². The molecule has 16 heavy (non-hydrogen) atoms. The van der Waals surface area contributed by atoms with E-state index in [0.717, 1.165) is 0 Å². The van der Waals surface area contributed by atoms with Gasteiger partial charge in [0.2, 0.25) is 0 Å². The zero-order valence-electron chi connectivity index (χ0n) is 9.60. The van der Waals surface area contributed by atoms with E-state index < -0.39 is 12.0 Å². The van der Waals surface area contributed by atoms with E-state index in [4.69, 9.17) is 4.74 Å².